The Kier molecular flexibility index (Phi) is 7.37. The Morgan fingerprint density at radius 2 is 1.53 bits per heavy atom. The van der Waals surface area contributed by atoms with Crippen LogP contribution in [0.1, 0.15) is 5.56 Å². The van der Waals surface area contributed by atoms with Crippen molar-refractivity contribution in [3.05, 3.63) is 84.4 Å². The van der Waals surface area contributed by atoms with Crippen molar-refractivity contribution >= 4 is 39.1 Å². The molecule has 0 aliphatic carbocycles. The van der Waals surface area contributed by atoms with Gasteiger partial charge in [0.1, 0.15) is 5.75 Å². The number of amides is 1. The summed E-state index contributed by atoms with van der Waals surface area (Å²) >= 11 is 1.52. The first kappa shape index (κ1) is 21.7. The molecule has 0 heterocycles. The fourth-order valence-corrected chi connectivity index (χ4v) is 4.47. The topological polar surface area (TPSA) is 84.5 Å². The van der Waals surface area contributed by atoms with Gasteiger partial charge in [-0.05, 0) is 54.1 Å². The number of carbonyl (C=O) groups excluding carboxylic acids is 1. The van der Waals surface area contributed by atoms with E-state index in [1.54, 1.807) is 43.5 Å². The monoisotopic (exact) mass is 442 g/mol. The second-order valence-electron chi connectivity index (χ2n) is 6.38. The van der Waals surface area contributed by atoms with E-state index in [4.69, 9.17) is 4.74 Å². The predicted molar refractivity (Wildman–Crippen MR) is 121 cm³/mol. The second-order valence-corrected chi connectivity index (χ2v) is 9.05. The molecular formula is C22H22N2O4S2. The molecule has 0 unspecified atom stereocenters. The van der Waals surface area contributed by atoms with Crippen LogP contribution in [0.4, 0.5) is 11.4 Å². The first-order chi connectivity index (χ1) is 14.5. The van der Waals surface area contributed by atoms with Crippen LogP contribution in [0.5, 0.6) is 5.75 Å². The molecule has 6 nitrogen and oxygen atoms in total. The molecule has 0 aliphatic rings. The fourth-order valence-electron chi connectivity index (χ4n) is 2.62. The molecule has 0 bridgehead atoms. The van der Waals surface area contributed by atoms with E-state index in [0.717, 1.165) is 11.3 Å². The Balaban J connectivity index is 1.53. The Bertz CT molecular complexity index is 1070. The molecular weight excluding hydrogens is 420 g/mol. The maximum atomic E-state index is 12.5. The molecule has 0 radical (unpaired) electrons. The highest BCUT2D eigenvalue weighted by Gasteiger charge is 2.14. The summed E-state index contributed by atoms with van der Waals surface area (Å²) in [5, 5.41) is 2.78. The lowest BCUT2D eigenvalue weighted by atomic mass is 10.2. The van der Waals surface area contributed by atoms with Crippen LogP contribution in [0.2, 0.25) is 0 Å². The van der Waals surface area contributed by atoms with Gasteiger partial charge in [0.2, 0.25) is 5.91 Å². The fraction of sp³-hybridized carbons (Fsp3) is 0.136. The summed E-state index contributed by atoms with van der Waals surface area (Å²) in [6.07, 6.45) is 0. The molecule has 0 aliphatic heterocycles. The molecule has 1 amide bonds. The zero-order valence-electron chi connectivity index (χ0n) is 16.4. The van der Waals surface area contributed by atoms with Crippen molar-refractivity contribution in [1.82, 2.24) is 0 Å². The van der Waals surface area contributed by atoms with Crippen LogP contribution < -0.4 is 14.8 Å². The standard InChI is InChI=1S/C22H22N2O4S2/c1-28-20-11-7-19(8-12-20)24-30(26,27)21-13-9-18(10-14-21)23-22(25)16-29-15-17-5-3-2-4-6-17/h2-14,24H,15-16H2,1H3,(H,23,25). The Morgan fingerprint density at radius 3 is 2.17 bits per heavy atom. The molecule has 0 saturated carbocycles. The molecule has 0 saturated heterocycles. The number of methoxy groups -OCH3 is 1. The molecule has 0 atom stereocenters. The van der Waals surface area contributed by atoms with Crippen LogP contribution in [0.3, 0.4) is 0 Å². The largest absolute Gasteiger partial charge is 0.497 e. The van der Waals surface area contributed by atoms with Crippen LogP contribution in [-0.4, -0.2) is 27.2 Å². The van der Waals surface area contributed by atoms with Crippen LogP contribution in [0.25, 0.3) is 0 Å². The highest BCUT2D eigenvalue weighted by atomic mass is 32.2. The lowest BCUT2D eigenvalue weighted by Crippen LogP contribution is -2.15. The minimum atomic E-state index is -3.73. The summed E-state index contributed by atoms with van der Waals surface area (Å²) in [6, 6.07) is 22.6. The molecule has 3 aromatic rings. The van der Waals surface area contributed by atoms with E-state index in [1.807, 2.05) is 30.3 Å². The summed E-state index contributed by atoms with van der Waals surface area (Å²) in [6.45, 7) is 0. The number of sulfonamides is 1. The van der Waals surface area contributed by atoms with Crippen LogP contribution in [0, 0.1) is 0 Å². The normalized spacial score (nSPS) is 11.0. The smallest absolute Gasteiger partial charge is 0.261 e. The third-order valence-electron chi connectivity index (χ3n) is 4.14. The zero-order chi connectivity index (χ0) is 21.4. The van der Waals surface area contributed by atoms with Crippen molar-refractivity contribution in [3.63, 3.8) is 0 Å². The number of hydrogen-bond acceptors (Lipinski definition) is 5. The van der Waals surface area contributed by atoms with Gasteiger partial charge in [0.25, 0.3) is 10.0 Å². The first-order valence-corrected chi connectivity index (χ1v) is 11.8. The van der Waals surface area contributed by atoms with Crippen LogP contribution in [0.15, 0.2) is 83.8 Å². The Morgan fingerprint density at radius 1 is 0.900 bits per heavy atom. The molecule has 0 spiro atoms. The summed E-state index contributed by atoms with van der Waals surface area (Å²) < 4.78 is 32.6. The Labute approximate surface area is 180 Å². The number of benzene rings is 3. The van der Waals surface area contributed by atoms with Crippen molar-refractivity contribution in [3.8, 4) is 5.75 Å². The summed E-state index contributed by atoms with van der Waals surface area (Å²) in [7, 11) is -2.19. The van der Waals surface area contributed by atoms with Gasteiger partial charge in [-0.15, -0.1) is 11.8 Å². The third-order valence-corrected chi connectivity index (χ3v) is 6.54. The maximum Gasteiger partial charge on any atom is 0.261 e. The van der Waals surface area contributed by atoms with E-state index in [1.165, 1.54) is 23.9 Å². The molecule has 3 aromatic carbocycles. The molecule has 3 rings (SSSR count). The number of rotatable bonds is 9. The van der Waals surface area contributed by atoms with Gasteiger partial charge in [0.05, 0.1) is 17.8 Å². The van der Waals surface area contributed by atoms with Gasteiger partial charge in [-0.1, -0.05) is 30.3 Å². The molecule has 156 valence electrons. The highest BCUT2D eigenvalue weighted by molar-refractivity contribution is 7.99. The van der Waals surface area contributed by atoms with E-state index in [9.17, 15) is 13.2 Å². The van der Waals surface area contributed by atoms with Crippen molar-refractivity contribution in [1.29, 1.82) is 0 Å². The van der Waals surface area contributed by atoms with Gasteiger partial charge in [-0.3, -0.25) is 9.52 Å². The van der Waals surface area contributed by atoms with Gasteiger partial charge in [-0.2, -0.15) is 0 Å². The minimum absolute atomic E-state index is 0.106. The van der Waals surface area contributed by atoms with Gasteiger partial charge in [0, 0.05) is 17.1 Å². The van der Waals surface area contributed by atoms with Crippen LogP contribution in [-0.2, 0) is 20.6 Å². The number of anilines is 2. The van der Waals surface area contributed by atoms with E-state index in [0.29, 0.717) is 22.9 Å². The maximum absolute atomic E-state index is 12.5. The summed E-state index contributed by atoms with van der Waals surface area (Å²) in [5.74, 6) is 1.57. The van der Waals surface area contributed by atoms with Crippen molar-refractivity contribution in [2.75, 3.05) is 22.9 Å². The third kappa shape index (κ3) is 6.27. The zero-order valence-corrected chi connectivity index (χ0v) is 18.0. The van der Waals surface area contributed by atoms with E-state index >= 15 is 0 Å². The van der Waals surface area contributed by atoms with Crippen molar-refractivity contribution in [2.24, 2.45) is 0 Å². The van der Waals surface area contributed by atoms with E-state index < -0.39 is 10.0 Å². The second kappa shape index (κ2) is 10.2. The lowest BCUT2D eigenvalue weighted by Gasteiger charge is -2.10. The van der Waals surface area contributed by atoms with Gasteiger partial charge in [0.15, 0.2) is 0 Å². The van der Waals surface area contributed by atoms with Gasteiger partial charge in [-0.25, -0.2) is 8.42 Å². The molecule has 2 N–H and O–H groups in total. The number of thioether (sulfide) groups is 1. The Hall–Kier alpha value is -2.97. The molecule has 0 fully saturated rings. The minimum Gasteiger partial charge on any atom is -0.497 e. The van der Waals surface area contributed by atoms with Crippen LogP contribution >= 0.6 is 11.8 Å². The van der Waals surface area contributed by atoms with E-state index in [2.05, 4.69) is 10.0 Å². The summed E-state index contributed by atoms with van der Waals surface area (Å²) in [4.78, 5) is 12.2. The van der Waals surface area contributed by atoms with Gasteiger partial charge >= 0.3 is 0 Å². The van der Waals surface area contributed by atoms with Crippen molar-refractivity contribution < 1.29 is 17.9 Å². The highest BCUT2D eigenvalue weighted by Crippen LogP contribution is 2.21. The summed E-state index contributed by atoms with van der Waals surface area (Å²) in [5.41, 5.74) is 2.14. The molecule has 8 heteroatoms. The number of hydrogen-bond donors (Lipinski definition) is 2. The average molecular weight is 443 g/mol. The van der Waals surface area contributed by atoms with Crippen molar-refractivity contribution in [2.45, 2.75) is 10.6 Å². The predicted octanol–water partition coefficient (Wildman–Crippen LogP) is 4.37. The quantitative estimate of drug-likeness (QED) is 0.514. The molecule has 30 heavy (non-hydrogen) atoms. The lowest BCUT2D eigenvalue weighted by molar-refractivity contribution is -0.113. The SMILES string of the molecule is COc1ccc(NS(=O)(=O)c2ccc(NC(=O)CSCc3ccccc3)cc2)cc1. The van der Waals surface area contributed by atoms with E-state index in [-0.39, 0.29) is 10.8 Å². The average Bonchev–Trinajstić information content (AvgIpc) is 2.75. The molecule has 0 aromatic heterocycles. The first-order valence-electron chi connectivity index (χ1n) is 9.15. The van der Waals surface area contributed by atoms with Gasteiger partial charge < -0.3 is 10.1 Å². The number of nitrogens with one attached hydrogen (secondary N) is 2. The number of carbonyl (C=O) groups is 1. The number of ether oxygens (including phenoxy) is 1.